The molecule has 0 amide bonds. The number of hydrogen-bond donors (Lipinski definition) is 3. The number of pyridine rings is 1. The van der Waals surface area contributed by atoms with Crippen LogP contribution in [0.15, 0.2) is 112 Å². The Morgan fingerprint density at radius 2 is 0.704 bits per heavy atom. The summed E-state index contributed by atoms with van der Waals surface area (Å²) in [7, 11) is 0. The summed E-state index contributed by atoms with van der Waals surface area (Å²) in [6, 6.07) is 22.1. The molecule has 0 unspecified atom stereocenters. The third-order valence-corrected chi connectivity index (χ3v) is 13.6. The van der Waals surface area contributed by atoms with Crippen LogP contribution in [0, 0.1) is 0 Å². The highest BCUT2D eigenvalue weighted by atomic mass is 32.2. The first-order valence-electron chi connectivity index (χ1n) is 18.1. The highest BCUT2D eigenvalue weighted by Crippen LogP contribution is 2.56. The lowest BCUT2D eigenvalue weighted by Crippen LogP contribution is -2.12. The molecule has 2 heterocycles. The van der Waals surface area contributed by atoms with Crippen molar-refractivity contribution in [2.45, 2.75) is 144 Å². The topological polar surface area (TPSA) is 82.8 Å². The Bertz CT molecular complexity index is 2110. The van der Waals surface area contributed by atoms with E-state index in [2.05, 4.69) is 112 Å². The Kier molecular flexibility index (Phi) is 10.9. The largest absolute Gasteiger partial charge is 0.506 e. The molecule has 4 aromatic carbocycles. The molecule has 0 saturated carbocycles. The summed E-state index contributed by atoms with van der Waals surface area (Å²) in [4.78, 5) is 10.0. The molecule has 5 nitrogen and oxygen atoms in total. The van der Waals surface area contributed by atoms with Crippen molar-refractivity contribution in [2.75, 3.05) is 0 Å². The van der Waals surface area contributed by atoms with Gasteiger partial charge in [-0.2, -0.15) is 0 Å². The van der Waals surface area contributed by atoms with Crippen molar-refractivity contribution in [2.24, 2.45) is 0 Å². The first-order valence-corrected chi connectivity index (χ1v) is 21.4. The van der Waals surface area contributed by atoms with Gasteiger partial charge in [-0.05, 0) is 98.5 Å². The standard InChI is InChI=1S/C45H51NO4S4/c1-42(2,3)25-17-29-38(47)30(18-25)52-32-20-27(44(7,8)9)22-34(40(32)49)54-36-24-28(45(10,11)12)23-35(41(36)50-37-15-13-14-16-46-37)53-33-21-26(43(4,5)6)19-31(51-29)39(33)48/h13-24,47-49H,1-12H3. The zero-order valence-electron chi connectivity index (χ0n) is 33.3. The molecule has 284 valence electrons. The van der Waals surface area contributed by atoms with Gasteiger partial charge in [0.05, 0.1) is 39.2 Å². The Morgan fingerprint density at radius 3 is 0.963 bits per heavy atom. The number of aromatic nitrogens is 1. The number of phenols is 3. The molecule has 9 heteroatoms. The molecule has 0 atom stereocenters. The summed E-state index contributed by atoms with van der Waals surface area (Å²) in [5.41, 5.74) is 3.29. The second kappa shape index (κ2) is 14.6. The van der Waals surface area contributed by atoms with Crippen LogP contribution in [-0.2, 0) is 21.7 Å². The molecule has 1 aromatic heterocycles. The maximum Gasteiger partial charge on any atom is 0.219 e. The molecule has 5 aromatic rings. The molecule has 0 radical (unpaired) electrons. The SMILES string of the molecule is CC(C)(C)c1cc2c(O)c(c1)Sc1cc(C(C)(C)C)cc(c1O)Sc1cc(C(C)(C)C)cc(c1Oc1ccccn1)Sc1cc(C(C)(C)C)cc(c1O)S2. The lowest BCUT2D eigenvalue weighted by Gasteiger charge is -2.26. The fraction of sp³-hybridized carbons (Fsp3) is 0.356. The van der Waals surface area contributed by atoms with Gasteiger partial charge >= 0.3 is 0 Å². The maximum atomic E-state index is 12.2. The monoisotopic (exact) mass is 797 g/mol. The zero-order chi connectivity index (χ0) is 39.5. The van der Waals surface area contributed by atoms with Crippen LogP contribution in [-0.4, -0.2) is 20.3 Å². The summed E-state index contributed by atoms with van der Waals surface area (Å²) >= 11 is 5.61. The molecule has 1 aliphatic heterocycles. The van der Waals surface area contributed by atoms with E-state index in [1.54, 1.807) is 6.20 Å². The number of hydrogen-bond acceptors (Lipinski definition) is 9. The van der Waals surface area contributed by atoms with Crippen LogP contribution in [0.25, 0.3) is 0 Å². The van der Waals surface area contributed by atoms with Crippen LogP contribution in [0.4, 0.5) is 0 Å². The smallest absolute Gasteiger partial charge is 0.219 e. The summed E-state index contributed by atoms with van der Waals surface area (Å²) in [5.74, 6) is 1.41. The predicted octanol–water partition coefficient (Wildman–Crippen LogP) is 14.1. The minimum absolute atomic E-state index is 0.112. The van der Waals surface area contributed by atoms with Crippen LogP contribution in [0.2, 0.25) is 0 Å². The van der Waals surface area contributed by atoms with Crippen LogP contribution in [0.1, 0.15) is 105 Å². The van der Waals surface area contributed by atoms with Gasteiger partial charge in [0, 0.05) is 12.3 Å². The van der Waals surface area contributed by atoms with Crippen LogP contribution < -0.4 is 4.74 Å². The number of ether oxygens (including phenoxy) is 1. The predicted molar refractivity (Wildman–Crippen MR) is 226 cm³/mol. The van der Waals surface area contributed by atoms with Crippen molar-refractivity contribution in [1.29, 1.82) is 0 Å². The van der Waals surface area contributed by atoms with E-state index < -0.39 is 0 Å². The molecular formula is C45H51NO4S4. The minimum atomic E-state index is -0.234. The molecule has 0 aliphatic carbocycles. The van der Waals surface area contributed by atoms with Crippen molar-refractivity contribution < 1.29 is 20.1 Å². The molecule has 8 bridgehead atoms. The summed E-state index contributed by atoms with van der Waals surface area (Å²) < 4.78 is 6.71. The normalized spacial score (nSPS) is 13.9. The number of aromatic hydroxyl groups is 3. The molecule has 6 rings (SSSR count). The fourth-order valence-corrected chi connectivity index (χ4v) is 10.2. The number of rotatable bonds is 2. The Balaban J connectivity index is 1.73. The van der Waals surface area contributed by atoms with Crippen LogP contribution in [0.5, 0.6) is 28.9 Å². The molecule has 54 heavy (non-hydrogen) atoms. The van der Waals surface area contributed by atoms with Crippen LogP contribution >= 0.6 is 47.0 Å². The van der Waals surface area contributed by atoms with Crippen molar-refractivity contribution in [1.82, 2.24) is 4.98 Å². The number of phenolic OH excluding ortho intramolecular Hbond substituents is 3. The molecular weight excluding hydrogens is 747 g/mol. The van der Waals surface area contributed by atoms with E-state index in [9.17, 15) is 15.3 Å². The van der Waals surface area contributed by atoms with Gasteiger partial charge < -0.3 is 20.1 Å². The van der Waals surface area contributed by atoms with Crippen molar-refractivity contribution in [3.63, 3.8) is 0 Å². The van der Waals surface area contributed by atoms with Gasteiger partial charge in [0.25, 0.3) is 0 Å². The average molecular weight is 798 g/mol. The van der Waals surface area contributed by atoms with E-state index in [0.717, 1.165) is 32.0 Å². The summed E-state index contributed by atoms with van der Waals surface area (Å²) in [6.45, 7) is 26.0. The highest BCUT2D eigenvalue weighted by molar-refractivity contribution is 8.01. The molecule has 0 saturated heterocycles. The zero-order valence-corrected chi connectivity index (χ0v) is 36.5. The lowest BCUT2D eigenvalue weighted by atomic mass is 9.87. The third-order valence-electron chi connectivity index (χ3n) is 9.33. The van der Waals surface area contributed by atoms with E-state index in [-0.39, 0.29) is 38.9 Å². The second-order valence-corrected chi connectivity index (χ2v) is 22.3. The van der Waals surface area contributed by atoms with Crippen LogP contribution in [0.3, 0.4) is 0 Å². The number of fused-ring (bicyclic) bond motifs is 8. The Morgan fingerprint density at radius 1 is 0.426 bits per heavy atom. The molecule has 0 spiro atoms. The van der Waals surface area contributed by atoms with Gasteiger partial charge in [0.2, 0.25) is 5.88 Å². The van der Waals surface area contributed by atoms with Gasteiger partial charge in [-0.25, -0.2) is 4.98 Å². The first kappa shape index (κ1) is 40.3. The maximum absolute atomic E-state index is 12.2. The van der Waals surface area contributed by atoms with Crippen molar-refractivity contribution in [3.05, 3.63) is 95.2 Å². The Labute approximate surface area is 338 Å². The second-order valence-electron chi connectivity index (χ2n) is 17.9. The van der Waals surface area contributed by atoms with Crippen molar-refractivity contribution >= 4 is 47.0 Å². The minimum Gasteiger partial charge on any atom is -0.506 e. The number of nitrogens with zero attached hydrogens (tertiary/aromatic N) is 1. The molecule has 3 N–H and O–H groups in total. The van der Waals surface area contributed by atoms with Gasteiger partial charge in [-0.3, -0.25) is 0 Å². The average Bonchev–Trinajstić information content (AvgIpc) is 3.05. The van der Waals surface area contributed by atoms with Crippen molar-refractivity contribution in [3.8, 4) is 28.9 Å². The highest BCUT2D eigenvalue weighted by Gasteiger charge is 2.29. The molecule has 0 fully saturated rings. The van der Waals surface area contributed by atoms with Gasteiger partial charge in [-0.1, -0.05) is 136 Å². The first-order chi connectivity index (χ1) is 25.0. The van der Waals surface area contributed by atoms with Gasteiger partial charge in [0.1, 0.15) is 17.2 Å². The van der Waals surface area contributed by atoms with E-state index in [1.807, 2.05) is 42.5 Å². The van der Waals surface area contributed by atoms with Gasteiger partial charge in [-0.15, -0.1) is 0 Å². The number of benzene rings is 4. The Hall–Kier alpha value is -3.37. The fourth-order valence-electron chi connectivity index (χ4n) is 5.76. The van der Waals surface area contributed by atoms with Gasteiger partial charge in [0.15, 0.2) is 5.75 Å². The summed E-state index contributed by atoms with van der Waals surface area (Å²) in [6.07, 6.45) is 1.70. The lowest BCUT2D eigenvalue weighted by molar-refractivity contribution is 0.437. The summed E-state index contributed by atoms with van der Waals surface area (Å²) in [5, 5.41) is 36.3. The third kappa shape index (κ3) is 8.70. The van der Waals surface area contributed by atoms with E-state index >= 15 is 0 Å². The van der Waals surface area contributed by atoms with E-state index in [0.29, 0.717) is 41.0 Å². The van der Waals surface area contributed by atoms with E-state index in [4.69, 9.17) is 4.74 Å². The molecule has 1 aliphatic rings. The van der Waals surface area contributed by atoms with E-state index in [1.165, 1.54) is 47.0 Å². The quantitative estimate of drug-likeness (QED) is 0.159.